The zero-order chi connectivity index (χ0) is 17.4. The lowest BCUT2D eigenvalue weighted by Gasteiger charge is -2.38. The molecule has 4 rings (SSSR count). The molecule has 2 heterocycles. The van der Waals surface area contributed by atoms with Crippen molar-refractivity contribution in [2.45, 2.75) is 32.3 Å². The number of fused-ring (bicyclic) bond motifs is 1. The van der Waals surface area contributed by atoms with Crippen LogP contribution in [0.25, 0.3) is 0 Å². The second-order valence-electron chi connectivity index (χ2n) is 7.84. The third-order valence-electron chi connectivity index (χ3n) is 5.86. The van der Waals surface area contributed by atoms with Crippen molar-refractivity contribution in [2.24, 2.45) is 11.8 Å². The number of amides is 1. The fourth-order valence-corrected chi connectivity index (χ4v) is 4.20. The molecule has 1 amide bonds. The van der Waals surface area contributed by atoms with Gasteiger partial charge in [-0.3, -0.25) is 4.79 Å². The van der Waals surface area contributed by atoms with E-state index in [-0.39, 0.29) is 17.6 Å². The molecule has 1 aliphatic carbocycles. The SMILES string of the molecule is Cc1cccc(F)c1C(=O)N1CC[C@@H]2CN(CC3CC3)CCO[C@@H]2C1. The van der Waals surface area contributed by atoms with E-state index in [4.69, 9.17) is 4.74 Å². The van der Waals surface area contributed by atoms with Crippen molar-refractivity contribution < 1.29 is 13.9 Å². The van der Waals surface area contributed by atoms with Crippen LogP contribution < -0.4 is 0 Å². The van der Waals surface area contributed by atoms with E-state index in [1.165, 1.54) is 25.5 Å². The Bertz CT molecular complexity index is 626. The summed E-state index contributed by atoms with van der Waals surface area (Å²) in [4.78, 5) is 17.2. The summed E-state index contributed by atoms with van der Waals surface area (Å²) in [6.45, 7) is 7.05. The topological polar surface area (TPSA) is 32.8 Å². The van der Waals surface area contributed by atoms with Crippen LogP contribution in [-0.4, -0.2) is 61.1 Å². The molecule has 0 aromatic heterocycles. The largest absolute Gasteiger partial charge is 0.375 e. The molecule has 0 bridgehead atoms. The summed E-state index contributed by atoms with van der Waals surface area (Å²) in [6.07, 6.45) is 3.75. The Labute approximate surface area is 148 Å². The lowest BCUT2D eigenvalue weighted by atomic mass is 9.92. The summed E-state index contributed by atoms with van der Waals surface area (Å²) < 4.78 is 20.2. The van der Waals surface area contributed by atoms with E-state index >= 15 is 0 Å². The number of rotatable bonds is 3. The van der Waals surface area contributed by atoms with Crippen molar-refractivity contribution in [3.8, 4) is 0 Å². The molecular weight excluding hydrogens is 319 g/mol. The van der Waals surface area contributed by atoms with E-state index < -0.39 is 5.82 Å². The second-order valence-corrected chi connectivity index (χ2v) is 7.84. The fourth-order valence-electron chi connectivity index (χ4n) is 4.20. The molecule has 4 nitrogen and oxygen atoms in total. The number of halogens is 1. The highest BCUT2D eigenvalue weighted by Gasteiger charge is 2.37. The molecule has 0 spiro atoms. The first-order valence-electron chi connectivity index (χ1n) is 9.50. The Morgan fingerprint density at radius 2 is 2.08 bits per heavy atom. The first-order chi connectivity index (χ1) is 12.1. The van der Waals surface area contributed by atoms with Crippen molar-refractivity contribution in [1.29, 1.82) is 0 Å². The maximum absolute atomic E-state index is 14.1. The van der Waals surface area contributed by atoms with Gasteiger partial charge in [0.15, 0.2) is 0 Å². The zero-order valence-corrected chi connectivity index (χ0v) is 14.9. The molecule has 2 aliphatic heterocycles. The number of likely N-dealkylation sites (tertiary alicyclic amines) is 1. The van der Waals surface area contributed by atoms with E-state index in [2.05, 4.69) is 4.90 Å². The molecule has 1 saturated carbocycles. The summed E-state index contributed by atoms with van der Waals surface area (Å²) >= 11 is 0. The number of aryl methyl sites for hydroxylation is 1. The van der Waals surface area contributed by atoms with Gasteiger partial charge in [-0.25, -0.2) is 4.39 Å². The first-order valence-corrected chi connectivity index (χ1v) is 9.50. The molecule has 0 radical (unpaired) electrons. The van der Waals surface area contributed by atoms with Gasteiger partial charge in [-0.15, -0.1) is 0 Å². The molecule has 0 N–H and O–H groups in total. The van der Waals surface area contributed by atoms with Crippen LogP contribution in [0.2, 0.25) is 0 Å². The monoisotopic (exact) mass is 346 g/mol. The van der Waals surface area contributed by atoms with Gasteiger partial charge in [-0.05, 0) is 43.7 Å². The van der Waals surface area contributed by atoms with E-state index in [1.807, 2.05) is 0 Å². The summed E-state index contributed by atoms with van der Waals surface area (Å²) in [5.41, 5.74) is 0.912. The Morgan fingerprint density at radius 1 is 1.24 bits per heavy atom. The van der Waals surface area contributed by atoms with Crippen LogP contribution in [0.4, 0.5) is 4.39 Å². The van der Waals surface area contributed by atoms with Gasteiger partial charge in [-0.1, -0.05) is 12.1 Å². The van der Waals surface area contributed by atoms with Gasteiger partial charge in [0.05, 0.1) is 18.3 Å². The summed E-state index contributed by atoms with van der Waals surface area (Å²) in [6, 6.07) is 4.81. The number of carbonyl (C=O) groups excluding carboxylic acids is 1. The quantitative estimate of drug-likeness (QED) is 0.844. The zero-order valence-electron chi connectivity index (χ0n) is 14.9. The highest BCUT2D eigenvalue weighted by molar-refractivity contribution is 5.96. The van der Waals surface area contributed by atoms with Crippen LogP contribution in [0.3, 0.4) is 0 Å². The maximum atomic E-state index is 14.1. The van der Waals surface area contributed by atoms with Crippen molar-refractivity contribution >= 4 is 5.91 Å². The molecule has 3 aliphatic rings. The van der Waals surface area contributed by atoms with E-state index in [0.717, 1.165) is 32.0 Å². The average molecular weight is 346 g/mol. The summed E-state index contributed by atoms with van der Waals surface area (Å²) in [5, 5.41) is 0. The number of benzene rings is 1. The highest BCUT2D eigenvalue weighted by Crippen LogP contribution is 2.32. The van der Waals surface area contributed by atoms with Crippen LogP contribution in [0.15, 0.2) is 18.2 Å². The van der Waals surface area contributed by atoms with Crippen LogP contribution >= 0.6 is 0 Å². The van der Waals surface area contributed by atoms with Crippen LogP contribution in [0.5, 0.6) is 0 Å². The Kier molecular flexibility index (Phi) is 4.78. The predicted octanol–water partition coefficient (Wildman–Crippen LogP) is 2.71. The summed E-state index contributed by atoms with van der Waals surface area (Å²) in [7, 11) is 0. The molecule has 3 fully saturated rings. The van der Waals surface area contributed by atoms with E-state index in [9.17, 15) is 9.18 Å². The minimum Gasteiger partial charge on any atom is -0.375 e. The lowest BCUT2D eigenvalue weighted by molar-refractivity contribution is -0.0172. The van der Waals surface area contributed by atoms with Crippen molar-refractivity contribution in [2.75, 3.05) is 39.3 Å². The number of nitrogens with zero attached hydrogens (tertiary/aromatic N) is 2. The molecule has 2 atom stereocenters. The molecule has 5 heteroatoms. The van der Waals surface area contributed by atoms with E-state index in [0.29, 0.717) is 24.6 Å². The van der Waals surface area contributed by atoms with Gasteiger partial charge in [0, 0.05) is 38.6 Å². The number of ether oxygens (including phenoxy) is 1. The maximum Gasteiger partial charge on any atom is 0.257 e. The molecular formula is C20H27FN2O2. The number of hydrogen-bond donors (Lipinski definition) is 0. The minimum absolute atomic E-state index is 0.0778. The fraction of sp³-hybridized carbons (Fsp3) is 0.650. The highest BCUT2D eigenvalue weighted by atomic mass is 19.1. The molecule has 0 unspecified atom stereocenters. The molecule has 1 aromatic carbocycles. The Balaban J connectivity index is 1.43. The Morgan fingerprint density at radius 3 is 2.84 bits per heavy atom. The number of hydrogen-bond acceptors (Lipinski definition) is 3. The standard InChI is InChI=1S/C20H27FN2O2/c1-14-3-2-4-17(21)19(14)20(24)23-8-7-16-12-22(11-15-5-6-15)9-10-25-18(16)13-23/h2-4,15-16,18H,5-13H2,1H3/t16-,18-/m1/s1. The number of carbonyl (C=O) groups is 1. The average Bonchev–Trinajstić information content (AvgIpc) is 3.41. The Hall–Kier alpha value is -1.46. The minimum atomic E-state index is -0.426. The first kappa shape index (κ1) is 17.0. The van der Waals surface area contributed by atoms with Crippen molar-refractivity contribution in [1.82, 2.24) is 9.80 Å². The second kappa shape index (κ2) is 7.04. The lowest BCUT2D eigenvalue weighted by Crippen LogP contribution is -2.49. The van der Waals surface area contributed by atoms with E-state index in [1.54, 1.807) is 24.0 Å². The number of piperidine rings is 1. The third kappa shape index (κ3) is 3.72. The smallest absolute Gasteiger partial charge is 0.257 e. The molecule has 2 saturated heterocycles. The van der Waals surface area contributed by atoms with Gasteiger partial charge in [0.1, 0.15) is 5.82 Å². The van der Waals surface area contributed by atoms with Crippen LogP contribution in [0.1, 0.15) is 35.2 Å². The summed E-state index contributed by atoms with van der Waals surface area (Å²) in [5.74, 6) is 0.746. The van der Waals surface area contributed by atoms with Gasteiger partial charge < -0.3 is 14.5 Å². The van der Waals surface area contributed by atoms with Crippen molar-refractivity contribution in [3.05, 3.63) is 35.1 Å². The van der Waals surface area contributed by atoms with Gasteiger partial charge in [0.25, 0.3) is 5.91 Å². The molecule has 1 aromatic rings. The molecule has 25 heavy (non-hydrogen) atoms. The van der Waals surface area contributed by atoms with Crippen LogP contribution in [-0.2, 0) is 4.74 Å². The van der Waals surface area contributed by atoms with Gasteiger partial charge >= 0.3 is 0 Å². The third-order valence-corrected chi connectivity index (χ3v) is 5.86. The van der Waals surface area contributed by atoms with Crippen molar-refractivity contribution in [3.63, 3.8) is 0 Å². The predicted molar refractivity (Wildman–Crippen MR) is 94.1 cm³/mol. The van der Waals surface area contributed by atoms with Gasteiger partial charge in [0.2, 0.25) is 0 Å². The molecule has 136 valence electrons. The van der Waals surface area contributed by atoms with Gasteiger partial charge in [-0.2, -0.15) is 0 Å². The van der Waals surface area contributed by atoms with Crippen LogP contribution in [0, 0.1) is 24.6 Å². The normalized spacial score (nSPS) is 27.7.